The van der Waals surface area contributed by atoms with Crippen molar-refractivity contribution in [3.8, 4) is 0 Å². The van der Waals surface area contributed by atoms with Gasteiger partial charge in [-0.1, -0.05) is 43.0 Å². The minimum atomic E-state index is -0.0761. The zero-order valence-electron chi connectivity index (χ0n) is 19.1. The van der Waals surface area contributed by atoms with Gasteiger partial charge in [0.05, 0.1) is 17.6 Å². The van der Waals surface area contributed by atoms with E-state index in [0.29, 0.717) is 36.0 Å². The van der Waals surface area contributed by atoms with Crippen LogP contribution in [0.4, 0.5) is 0 Å². The van der Waals surface area contributed by atoms with Crippen molar-refractivity contribution >= 4 is 34.3 Å². The van der Waals surface area contributed by atoms with Crippen molar-refractivity contribution in [2.75, 3.05) is 13.6 Å². The van der Waals surface area contributed by atoms with Crippen molar-refractivity contribution in [3.63, 3.8) is 0 Å². The number of hydrogen-bond donors (Lipinski definition) is 1. The summed E-state index contributed by atoms with van der Waals surface area (Å²) in [5.74, 6) is 0.609. The molecule has 2 aromatic carbocycles. The largest absolute Gasteiger partial charge is 0.344 e. The Balaban J connectivity index is 1.49. The van der Waals surface area contributed by atoms with Crippen LogP contribution >= 0.6 is 11.6 Å². The van der Waals surface area contributed by atoms with E-state index in [1.807, 2.05) is 35.9 Å². The number of aromatic nitrogens is 2. The van der Waals surface area contributed by atoms with E-state index < -0.39 is 0 Å². The fourth-order valence-corrected chi connectivity index (χ4v) is 4.85. The van der Waals surface area contributed by atoms with Crippen molar-refractivity contribution in [1.82, 2.24) is 14.0 Å². The van der Waals surface area contributed by atoms with Gasteiger partial charge in [0.1, 0.15) is 0 Å². The van der Waals surface area contributed by atoms with Crippen LogP contribution in [0.5, 0.6) is 0 Å². The van der Waals surface area contributed by atoms with Gasteiger partial charge in [0.25, 0.3) is 0 Å². The van der Waals surface area contributed by atoms with E-state index in [-0.39, 0.29) is 23.9 Å². The number of fused-ring (bicyclic) bond motifs is 1. The van der Waals surface area contributed by atoms with Crippen LogP contribution in [0.1, 0.15) is 48.9 Å². The Labute approximate surface area is 199 Å². The Kier molecular flexibility index (Phi) is 7.33. The molecule has 3 aromatic rings. The predicted octanol–water partition coefficient (Wildman–Crippen LogP) is 4.89. The highest BCUT2D eigenvalue weighted by molar-refractivity contribution is 6.30. The summed E-state index contributed by atoms with van der Waals surface area (Å²) in [5, 5.41) is 9.35. The molecular formula is C26H31ClN4O2. The summed E-state index contributed by atoms with van der Waals surface area (Å²) in [6, 6.07) is 14.5. The van der Waals surface area contributed by atoms with E-state index >= 15 is 0 Å². The highest BCUT2D eigenvalue weighted by atomic mass is 35.5. The van der Waals surface area contributed by atoms with Gasteiger partial charge in [-0.15, -0.1) is 0 Å². The SMILES string of the molecule is CN(CCn1c(=N)n(CC(=O)c2ccc(Cl)cc2)c2ccccc21)C(=O)CC1CCCCC1. The lowest BCUT2D eigenvalue weighted by atomic mass is 9.87. The number of nitrogens with zero attached hydrogens (tertiary/aromatic N) is 3. The molecule has 0 bridgehead atoms. The van der Waals surface area contributed by atoms with Crippen molar-refractivity contribution < 1.29 is 9.59 Å². The van der Waals surface area contributed by atoms with Crippen molar-refractivity contribution in [1.29, 1.82) is 5.41 Å². The smallest absolute Gasteiger partial charge is 0.222 e. The molecule has 1 heterocycles. The summed E-state index contributed by atoms with van der Waals surface area (Å²) in [5.41, 5.74) is 2.54. The molecule has 1 fully saturated rings. The molecule has 4 rings (SSSR count). The zero-order valence-corrected chi connectivity index (χ0v) is 19.9. The van der Waals surface area contributed by atoms with Crippen LogP contribution in [0.3, 0.4) is 0 Å². The molecule has 174 valence electrons. The number of amides is 1. The maximum absolute atomic E-state index is 12.9. The minimum absolute atomic E-state index is 0.0738. The summed E-state index contributed by atoms with van der Waals surface area (Å²) >= 11 is 5.94. The molecule has 7 heteroatoms. The normalized spacial score (nSPS) is 14.5. The Morgan fingerprint density at radius 2 is 1.64 bits per heavy atom. The van der Waals surface area contributed by atoms with Crippen molar-refractivity contribution in [3.05, 3.63) is 64.7 Å². The number of carbonyl (C=O) groups is 2. The second-order valence-corrected chi connectivity index (χ2v) is 9.44. The van der Waals surface area contributed by atoms with E-state index in [1.165, 1.54) is 19.3 Å². The average Bonchev–Trinajstić information content (AvgIpc) is 3.09. The quantitative estimate of drug-likeness (QED) is 0.480. The molecule has 1 aromatic heterocycles. The first-order valence-corrected chi connectivity index (χ1v) is 12.1. The van der Waals surface area contributed by atoms with E-state index in [4.69, 9.17) is 17.0 Å². The summed E-state index contributed by atoms with van der Waals surface area (Å²) in [6.07, 6.45) is 6.67. The van der Waals surface area contributed by atoms with Gasteiger partial charge < -0.3 is 14.0 Å². The zero-order chi connectivity index (χ0) is 23.4. The third-order valence-corrected chi connectivity index (χ3v) is 6.97. The van der Waals surface area contributed by atoms with E-state index in [9.17, 15) is 9.59 Å². The third kappa shape index (κ3) is 5.38. The molecule has 33 heavy (non-hydrogen) atoms. The van der Waals surface area contributed by atoms with Gasteiger partial charge in [0.15, 0.2) is 5.78 Å². The lowest BCUT2D eigenvalue weighted by Gasteiger charge is -2.24. The third-order valence-electron chi connectivity index (χ3n) is 6.72. The molecule has 0 unspecified atom stereocenters. The van der Waals surface area contributed by atoms with E-state index in [0.717, 1.165) is 23.9 Å². The number of Topliss-reactive ketones (excluding diaryl/α,β-unsaturated/α-hetero) is 1. The molecule has 6 nitrogen and oxygen atoms in total. The van der Waals surface area contributed by atoms with E-state index in [1.54, 1.807) is 33.7 Å². The highest BCUT2D eigenvalue weighted by Gasteiger charge is 2.20. The monoisotopic (exact) mass is 466 g/mol. The van der Waals surface area contributed by atoms with E-state index in [2.05, 4.69) is 0 Å². The van der Waals surface area contributed by atoms with Gasteiger partial charge in [-0.25, -0.2) is 0 Å². The fraction of sp³-hybridized carbons (Fsp3) is 0.423. The number of nitrogens with one attached hydrogen (secondary N) is 1. The molecule has 1 aliphatic carbocycles. The maximum atomic E-state index is 12.9. The Hall–Kier alpha value is -2.86. The molecule has 1 aliphatic rings. The van der Waals surface area contributed by atoms with Crippen LogP contribution in [0.2, 0.25) is 5.02 Å². The number of ketones is 1. The number of benzene rings is 2. The first kappa shape index (κ1) is 23.3. The standard InChI is InChI=1S/C26H31ClN4O2/c1-29(25(33)17-19-7-3-2-4-8-19)15-16-30-22-9-5-6-10-23(22)31(26(30)28)18-24(32)20-11-13-21(27)14-12-20/h5-6,9-14,19,28H,2-4,7-8,15-18H2,1H3. The number of para-hydroxylation sites is 2. The lowest BCUT2D eigenvalue weighted by molar-refractivity contribution is -0.131. The molecule has 0 aliphatic heterocycles. The molecule has 1 saturated carbocycles. The van der Waals surface area contributed by atoms with Gasteiger partial charge in [-0.05, 0) is 55.2 Å². The first-order chi connectivity index (χ1) is 15.9. The average molecular weight is 467 g/mol. The second kappa shape index (κ2) is 10.4. The predicted molar refractivity (Wildman–Crippen MR) is 130 cm³/mol. The van der Waals surface area contributed by atoms with Crippen LogP contribution in [-0.2, 0) is 17.9 Å². The Bertz CT molecular complexity index is 1190. The van der Waals surface area contributed by atoms with Gasteiger partial charge in [-0.2, -0.15) is 0 Å². The van der Waals surface area contributed by atoms with Crippen LogP contribution < -0.4 is 5.62 Å². The molecular weight excluding hydrogens is 436 g/mol. The van der Waals surface area contributed by atoms with Crippen LogP contribution in [0.15, 0.2) is 48.5 Å². The molecule has 0 radical (unpaired) electrons. The molecule has 0 spiro atoms. The summed E-state index contributed by atoms with van der Waals surface area (Å²) in [6.45, 7) is 1.11. The highest BCUT2D eigenvalue weighted by Crippen LogP contribution is 2.26. The summed E-state index contributed by atoms with van der Waals surface area (Å²) < 4.78 is 3.62. The van der Waals surface area contributed by atoms with Crippen LogP contribution in [0.25, 0.3) is 11.0 Å². The van der Waals surface area contributed by atoms with Gasteiger partial charge in [0.2, 0.25) is 11.5 Å². The van der Waals surface area contributed by atoms with Gasteiger partial charge >= 0.3 is 0 Å². The maximum Gasteiger partial charge on any atom is 0.222 e. The van der Waals surface area contributed by atoms with Crippen LogP contribution in [-0.4, -0.2) is 39.3 Å². The summed E-state index contributed by atoms with van der Waals surface area (Å²) in [7, 11) is 1.85. The number of likely N-dealkylation sites (N-methyl/N-ethyl adjacent to an activating group) is 1. The Morgan fingerprint density at radius 3 is 2.30 bits per heavy atom. The Morgan fingerprint density at radius 1 is 1.00 bits per heavy atom. The van der Waals surface area contributed by atoms with Crippen molar-refractivity contribution in [2.45, 2.75) is 51.6 Å². The minimum Gasteiger partial charge on any atom is -0.344 e. The molecule has 1 amide bonds. The molecule has 0 saturated heterocycles. The fourth-order valence-electron chi connectivity index (χ4n) is 4.72. The molecule has 0 atom stereocenters. The second-order valence-electron chi connectivity index (χ2n) is 9.00. The number of imidazole rings is 1. The topological polar surface area (TPSA) is 71.1 Å². The molecule has 1 N–H and O–H groups in total. The number of halogens is 1. The number of rotatable bonds is 8. The lowest BCUT2D eigenvalue weighted by Crippen LogP contribution is -2.34. The van der Waals surface area contributed by atoms with Crippen LogP contribution in [0, 0.1) is 11.3 Å². The van der Waals surface area contributed by atoms with Gasteiger partial charge in [0, 0.05) is 37.1 Å². The number of hydrogen-bond acceptors (Lipinski definition) is 3. The van der Waals surface area contributed by atoms with Crippen molar-refractivity contribution in [2.24, 2.45) is 5.92 Å². The summed E-state index contributed by atoms with van der Waals surface area (Å²) in [4.78, 5) is 27.4. The first-order valence-electron chi connectivity index (χ1n) is 11.7. The number of carbonyl (C=O) groups excluding carboxylic acids is 2. The van der Waals surface area contributed by atoms with Gasteiger partial charge in [-0.3, -0.25) is 15.0 Å².